The SMILES string of the molecule is CC(C)(C)NC(=O)c1nn(-c2ccc(C#CCN3CCOCC3)cc2Cl)c(-c2ccc(Cl)cc2)c1N. The van der Waals surface area contributed by atoms with Crippen molar-refractivity contribution in [3.63, 3.8) is 0 Å². The lowest BCUT2D eigenvalue weighted by atomic mass is 10.1. The van der Waals surface area contributed by atoms with E-state index in [0.717, 1.165) is 37.4 Å². The highest BCUT2D eigenvalue weighted by molar-refractivity contribution is 6.32. The first kappa shape index (κ1) is 26.1. The van der Waals surface area contributed by atoms with Crippen LogP contribution < -0.4 is 11.1 Å². The van der Waals surface area contributed by atoms with Crippen molar-refractivity contribution in [2.75, 3.05) is 38.6 Å². The van der Waals surface area contributed by atoms with Crippen LogP contribution in [0, 0.1) is 11.8 Å². The molecule has 0 aliphatic carbocycles. The van der Waals surface area contributed by atoms with Gasteiger partial charge in [-0.05, 0) is 51.1 Å². The molecule has 0 saturated carbocycles. The first-order valence-corrected chi connectivity index (χ1v) is 12.4. The number of hydrogen-bond donors (Lipinski definition) is 2. The summed E-state index contributed by atoms with van der Waals surface area (Å²) in [6.07, 6.45) is 0. The second-order valence-corrected chi connectivity index (χ2v) is 10.4. The van der Waals surface area contributed by atoms with E-state index in [4.69, 9.17) is 33.7 Å². The number of carbonyl (C=O) groups is 1. The van der Waals surface area contributed by atoms with Gasteiger partial charge in [-0.3, -0.25) is 9.69 Å². The summed E-state index contributed by atoms with van der Waals surface area (Å²) in [6, 6.07) is 12.7. The number of anilines is 1. The highest BCUT2D eigenvalue weighted by Gasteiger charge is 2.26. The van der Waals surface area contributed by atoms with Crippen LogP contribution in [0.15, 0.2) is 42.5 Å². The normalized spacial score (nSPS) is 14.2. The number of nitrogen functional groups attached to an aromatic ring is 1. The van der Waals surface area contributed by atoms with Gasteiger partial charge in [0.05, 0.1) is 41.8 Å². The number of benzene rings is 2. The topological polar surface area (TPSA) is 85.4 Å². The van der Waals surface area contributed by atoms with Crippen LogP contribution in [0.5, 0.6) is 0 Å². The number of morpholine rings is 1. The minimum absolute atomic E-state index is 0.125. The minimum Gasteiger partial charge on any atom is -0.395 e. The van der Waals surface area contributed by atoms with Gasteiger partial charge in [-0.25, -0.2) is 4.68 Å². The molecule has 1 aliphatic rings. The summed E-state index contributed by atoms with van der Waals surface area (Å²) in [4.78, 5) is 15.3. The highest BCUT2D eigenvalue weighted by atomic mass is 35.5. The largest absolute Gasteiger partial charge is 0.395 e. The number of rotatable bonds is 4. The van der Waals surface area contributed by atoms with Crippen LogP contribution in [0.4, 0.5) is 5.69 Å². The number of carbonyl (C=O) groups excluding carboxylic acids is 1. The Morgan fingerprint density at radius 1 is 1.14 bits per heavy atom. The zero-order chi connectivity index (χ0) is 25.9. The second kappa shape index (κ2) is 10.9. The van der Waals surface area contributed by atoms with E-state index in [1.54, 1.807) is 22.9 Å². The Balaban J connectivity index is 1.70. The van der Waals surface area contributed by atoms with Gasteiger partial charge in [0.1, 0.15) is 0 Å². The van der Waals surface area contributed by atoms with Crippen LogP contribution in [-0.2, 0) is 4.74 Å². The van der Waals surface area contributed by atoms with Gasteiger partial charge in [-0.1, -0.05) is 47.2 Å². The molecule has 36 heavy (non-hydrogen) atoms. The molecule has 0 radical (unpaired) electrons. The molecule has 0 bridgehead atoms. The van der Waals surface area contributed by atoms with Crippen molar-refractivity contribution in [2.24, 2.45) is 0 Å². The molecule has 2 heterocycles. The van der Waals surface area contributed by atoms with Crippen LogP contribution in [-0.4, -0.2) is 59.0 Å². The molecule has 4 rings (SSSR count). The molecule has 1 aliphatic heterocycles. The average Bonchev–Trinajstić information content (AvgIpc) is 3.16. The van der Waals surface area contributed by atoms with Gasteiger partial charge >= 0.3 is 0 Å². The predicted octanol–water partition coefficient (Wildman–Crippen LogP) is 4.64. The van der Waals surface area contributed by atoms with E-state index in [1.807, 2.05) is 45.0 Å². The predicted molar refractivity (Wildman–Crippen MR) is 145 cm³/mol. The summed E-state index contributed by atoms with van der Waals surface area (Å²) in [5, 5.41) is 8.54. The molecule has 1 saturated heterocycles. The van der Waals surface area contributed by atoms with Crippen molar-refractivity contribution in [2.45, 2.75) is 26.3 Å². The quantitative estimate of drug-likeness (QED) is 0.484. The Labute approximate surface area is 221 Å². The summed E-state index contributed by atoms with van der Waals surface area (Å²) in [6.45, 7) is 9.60. The molecule has 7 nitrogen and oxygen atoms in total. The van der Waals surface area contributed by atoms with Gasteiger partial charge in [0.25, 0.3) is 5.91 Å². The number of nitrogens with zero attached hydrogens (tertiary/aromatic N) is 3. The number of halogens is 2. The second-order valence-electron chi connectivity index (χ2n) is 9.59. The van der Waals surface area contributed by atoms with Gasteiger partial charge in [-0.15, -0.1) is 0 Å². The number of hydrogen-bond acceptors (Lipinski definition) is 5. The Bertz CT molecular complexity index is 1310. The van der Waals surface area contributed by atoms with Crippen LogP contribution in [0.2, 0.25) is 10.0 Å². The zero-order valence-electron chi connectivity index (χ0n) is 20.6. The maximum absolute atomic E-state index is 13.0. The highest BCUT2D eigenvalue weighted by Crippen LogP contribution is 2.34. The van der Waals surface area contributed by atoms with E-state index >= 15 is 0 Å². The molecule has 9 heteroatoms. The third-order valence-electron chi connectivity index (χ3n) is 5.56. The molecule has 0 spiro atoms. The Kier molecular flexibility index (Phi) is 7.91. The van der Waals surface area contributed by atoms with Crippen molar-refractivity contribution < 1.29 is 9.53 Å². The Morgan fingerprint density at radius 2 is 1.83 bits per heavy atom. The van der Waals surface area contributed by atoms with Crippen molar-refractivity contribution in [1.82, 2.24) is 20.0 Å². The fourth-order valence-corrected chi connectivity index (χ4v) is 4.21. The first-order chi connectivity index (χ1) is 17.1. The Hall–Kier alpha value is -3.02. The smallest absolute Gasteiger partial charge is 0.274 e. The van der Waals surface area contributed by atoms with Gasteiger partial charge in [-0.2, -0.15) is 5.10 Å². The molecule has 3 aromatic rings. The molecule has 1 amide bonds. The van der Waals surface area contributed by atoms with Crippen molar-refractivity contribution in [3.05, 3.63) is 63.8 Å². The summed E-state index contributed by atoms with van der Waals surface area (Å²) >= 11 is 12.8. The van der Waals surface area contributed by atoms with Crippen LogP contribution in [0.1, 0.15) is 36.8 Å². The van der Waals surface area contributed by atoms with E-state index < -0.39 is 5.54 Å². The standard InChI is InChI=1S/C27H29Cl2N5O2/c1-27(2,3)31-26(35)24-23(30)25(19-7-9-20(28)10-8-19)34(32-24)22-11-6-18(17-21(22)29)5-4-12-33-13-15-36-16-14-33/h6-11,17H,12-16,30H2,1-3H3,(H,31,35). The maximum atomic E-state index is 13.0. The summed E-state index contributed by atoms with van der Waals surface area (Å²) in [5.74, 6) is 6.01. The van der Waals surface area contributed by atoms with E-state index in [2.05, 4.69) is 27.2 Å². The third-order valence-corrected chi connectivity index (χ3v) is 6.11. The number of aromatic nitrogens is 2. The van der Waals surface area contributed by atoms with Crippen LogP contribution >= 0.6 is 23.2 Å². The lowest BCUT2D eigenvalue weighted by molar-refractivity contribution is 0.0443. The zero-order valence-corrected chi connectivity index (χ0v) is 22.1. The van der Waals surface area contributed by atoms with Gasteiger partial charge in [0, 0.05) is 34.8 Å². The van der Waals surface area contributed by atoms with E-state index in [0.29, 0.717) is 28.0 Å². The molecule has 1 aromatic heterocycles. The third kappa shape index (κ3) is 6.21. The van der Waals surface area contributed by atoms with Crippen LogP contribution in [0.25, 0.3) is 16.9 Å². The Morgan fingerprint density at radius 3 is 2.47 bits per heavy atom. The fourth-order valence-electron chi connectivity index (χ4n) is 3.83. The summed E-state index contributed by atoms with van der Waals surface area (Å²) < 4.78 is 6.98. The van der Waals surface area contributed by atoms with Crippen molar-refractivity contribution in [1.29, 1.82) is 0 Å². The maximum Gasteiger partial charge on any atom is 0.274 e. The number of nitrogens with two attached hydrogens (primary N) is 1. The molecule has 3 N–H and O–H groups in total. The molecule has 1 fully saturated rings. The molecular weight excluding hydrogens is 497 g/mol. The lowest BCUT2D eigenvalue weighted by Crippen LogP contribution is -2.41. The number of nitrogens with one attached hydrogen (secondary N) is 1. The monoisotopic (exact) mass is 525 g/mol. The summed E-state index contributed by atoms with van der Waals surface area (Å²) in [7, 11) is 0. The van der Waals surface area contributed by atoms with Gasteiger partial charge in [0.2, 0.25) is 0 Å². The lowest BCUT2D eigenvalue weighted by Gasteiger charge is -2.24. The van der Waals surface area contributed by atoms with Gasteiger partial charge in [0.15, 0.2) is 5.69 Å². The van der Waals surface area contributed by atoms with Crippen molar-refractivity contribution >= 4 is 34.8 Å². The van der Waals surface area contributed by atoms with E-state index in [1.165, 1.54) is 0 Å². The molecule has 0 atom stereocenters. The van der Waals surface area contributed by atoms with E-state index in [-0.39, 0.29) is 17.3 Å². The van der Waals surface area contributed by atoms with E-state index in [9.17, 15) is 4.79 Å². The molecule has 2 aromatic carbocycles. The summed E-state index contributed by atoms with van der Waals surface area (Å²) in [5.41, 5.74) is 9.10. The minimum atomic E-state index is -0.451. The first-order valence-electron chi connectivity index (χ1n) is 11.7. The molecule has 188 valence electrons. The number of ether oxygens (including phenoxy) is 1. The van der Waals surface area contributed by atoms with Crippen LogP contribution in [0.3, 0.4) is 0 Å². The number of amides is 1. The fraction of sp³-hybridized carbons (Fsp3) is 0.333. The van der Waals surface area contributed by atoms with Gasteiger partial charge < -0.3 is 15.8 Å². The molecular formula is C27H29Cl2N5O2. The van der Waals surface area contributed by atoms with Crippen molar-refractivity contribution in [3.8, 4) is 28.8 Å². The average molecular weight is 526 g/mol. The molecule has 0 unspecified atom stereocenters.